The average molecular weight is 526 g/mol. The topological polar surface area (TPSA) is 95.7 Å². The number of aryl methyl sites for hydroxylation is 1. The van der Waals surface area contributed by atoms with Gasteiger partial charge in [0, 0.05) is 30.9 Å². The van der Waals surface area contributed by atoms with Crippen molar-refractivity contribution in [1.82, 2.24) is 9.88 Å². The largest absolute Gasteiger partial charge is 0.485 e. The highest BCUT2D eigenvalue weighted by molar-refractivity contribution is 5.74. The fourth-order valence-corrected chi connectivity index (χ4v) is 5.69. The molecule has 0 radical (unpaired) electrons. The molecule has 0 amide bonds. The maximum Gasteiger partial charge on any atom is 0.306 e. The summed E-state index contributed by atoms with van der Waals surface area (Å²) in [5.74, 6) is 0.748. The number of aromatic nitrogens is 1. The first kappa shape index (κ1) is 26.7. The van der Waals surface area contributed by atoms with Crippen LogP contribution in [0.5, 0.6) is 11.6 Å². The summed E-state index contributed by atoms with van der Waals surface area (Å²) in [6.45, 7) is 6.92. The Labute approximate surface area is 230 Å². The molecular weight excluding hydrogens is 490 g/mol. The fraction of sp³-hybridized carbons (Fsp3) is 0.406. The lowest BCUT2D eigenvalue weighted by Gasteiger charge is -2.28. The minimum Gasteiger partial charge on any atom is -0.485 e. The van der Waals surface area contributed by atoms with Crippen LogP contribution < -0.4 is 9.47 Å². The zero-order chi connectivity index (χ0) is 27.5. The lowest BCUT2D eigenvalue weighted by atomic mass is 9.90. The maximum atomic E-state index is 11.3. The molecule has 7 heteroatoms. The second-order valence-corrected chi connectivity index (χ2v) is 11.0. The van der Waals surface area contributed by atoms with E-state index in [0.29, 0.717) is 23.8 Å². The van der Waals surface area contributed by atoms with Crippen LogP contribution in [0.3, 0.4) is 0 Å². The van der Waals surface area contributed by atoms with Gasteiger partial charge in [0.2, 0.25) is 5.88 Å². The number of hydrogen-bond donors (Lipinski definition) is 1. The van der Waals surface area contributed by atoms with Gasteiger partial charge in [0.1, 0.15) is 17.9 Å². The number of hydrogen-bond acceptors (Lipinski definition) is 6. The van der Waals surface area contributed by atoms with E-state index < -0.39 is 11.9 Å². The Hall–Kier alpha value is -3.89. The van der Waals surface area contributed by atoms with E-state index in [-0.39, 0.29) is 6.10 Å². The molecular formula is C32H35N3O4. The Morgan fingerprint density at radius 3 is 2.79 bits per heavy atom. The number of methoxy groups -OCH3 is 1. The minimum absolute atomic E-state index is 0.0997. The SMILES string of the molecule is COc1cc(-c2ccc(C3CCc4ccc(CC(C)C(=O)O)cc4O3)cc2CN2CCC(C)C2)c(C#N)cn1. The predicted molar refractivity (Wildman–Crippen MR) is 149 cm³/mol. The van der Waals surface area contributed by atoms with E-state index in [0.717, 1.165) is 71.6 Å². The van der Waals surface area contributed by atoms with Crippen LogP contribution in [0.25, 0.3) is 11.1 Å². The van der Waals surface area contributed by atoms with E-state index >= 15 is 0 Å². The number of nitrogens with zero attached hydrogens (tertiary/aromatic N) is 3. The monoisotopic (exact) mass is 525 g/mol. The van der Waals surface area contributed by atoms with Crippen molar-refractivity contribution < 1.29 is 19.4 Å². The van der Waals surface area contributed by atoms with Crippen LogP contribution in [0, 0.1) is 23.2 Å². The smallest absolute Gasteiger partial charge is 0.306 e. The van der Waals surface area contributed by atoms with Gasteiger partial charge < -0.3 is 14.6 Å². The highest BCUT2D eigenvalue weighted by atomic mass is 16.5. The second-order valence-electron chi connectivity index (χ2n) is 11.0. The number of carbonyl (C=O) groups is 1. The molecule has 2 aliphatic rings. The first-order chi connectivity index (χ1) is 18.8. The third kappa shape index (κ3) is 5.91. The van der Waals surface area contributed by atoms with Crippen molar-refractivity contribution in [3.05, 3.63) is 76.5 Å². The van der Waals surface area contributed by atoms with Crippen LogP contribution in [-0.2, 0) is 24.2 Å². The van der Waals surface area contributed by atoms with E-state index in [1.54, 1.807) is 20.2 Å². The predicted octanol–water partition coefficient (Wildman–Crippen LogP) is 5.80. The highest BCUT2D eigenvalue weighted by Crippen LogP contribution is 2.38. The van der Waals surface area contributed by atoms with E-state index in [2.05, 4.69) is 47.1 Å². The number of aliphatic carboxylic acids is 1. The van der Waals surface area contributed by atoms with Gasteiger partial charge in [0.05, 0.1) is 18.6 Å². The number of nitriles is 1. The van der Waals surface area contributed by atoms with Crippen LogP contribution in [0.15, 0.2) is 48.7 Å². The molecule has 1 aromatic heterocycles. The Balaban J connectivity index is 1.47. The summed E-state index contributed by atoms with van der Waals surface area (Å²) in [7, 11) is 1.58. The molecule has 5 rings (SSSR count). The van der Waals surface area contributed by atoms with Crippen LogP contribution in [0.4, 0.5) is 0 Å². The molecule has 202 valence electrons. The van der Waals surface area contributed by atoms with Crippen molar-refractivity contribution in [2.45, 2.75) is 52.2 Å². The fourth-order valence-electron chi connectivity index (χ4n) is 5.69. The molecule has 3 atom stereocenters. The molecule has 1 fully saturated rings. The third-order valence-electron chi connectivity index (χ3n) is 7.94. The number of carboxylic acid groups (broad SMARTS) is 1. The van der Waals surface area contributed by atoms with E-state index in [9.17, 15) is 15.2 Å². The molecule has 2 aromatic carbocycles. The molecule has 7 nitrogen and oxygen atoms in total. The summed E-state index contributed by atoms with van der Waals surface area (Å²) in [6, 6.07) is 16.7. The standard InChI is InChI=1S/C32H35N3O4/c1-20-10-11-35(18-20)19-25-14-24(6-8-27(25)28-15-31(38-3)34-17-26(28)16-33)29-9-7-23-5-4-22(13-30(23)39-29)12-21(2)32(36)37/h4-6,8,13-15,17,20-21,29H,7,9-12,18-19H2,1-3H3,(H,36,37). The van der Waals surface area contributed by atoms with E-state index in [1.165, 1.54) is 6.42 Å². The lowest BCUT2D eigenvalue weighted by molar-refractivity contribution is -0.141. The van der Waals surface area contributed by atoms with Crippen LogP contribution in [0.1, 0.15) is 60.6 Å². The summed E-state index contributed by atoms with van der Waals surface area (Å²) in [5.41, 5.74) is 6.75. The molecule has 39 heavy (non-hydrogen) atoms. The van der Waals surface area contributed by atoms with Gasteiger partial charge in [-0.1, -0.05) is 44.2 Å². The number of carboxylic acids is 1. The molecule has 1 saturated heterocycles. The number of ether oxygens (including phenoxy) is 2. The Morgan fingerprint density at radius 1 is 1.23 bits per heavy atom. The number of fused-ring (bicyclic) bond motifs is 1. The van der Waals surface area contributed by atoms with E-state index in [1.807, 2.05) is 18.2 Å². The van der Waals surface area contributed by atoms with Gasteiger partial charge in [-0.05, 0) is 72.0 Å². The Kier molecular flexibility index (Phi) is 7.85. The van der Waals surface area contributed by atoms with Crippen molar-refractivity contribution >= 4 is 5.97 Å². The summed E-state index contributed by atoms with van der Waals surface area (Å²) in [6.07, 6.45) is 4.90. The first-order valence-corrected chi connectivity index (χ1v) is 13.7. The molecule has 3 unspecified atom stereocenters. The van der Waals surface area contributed by atoms with Crippen molar-refractivity contribution in [3.63, 3.8) is 0 Å². The second kappa shape index (κ2) is 11.5. The van der Waals surface area contributed by atoms with Gasteiger partial charge in [0.15, 0.2) is 0 Å². The average Bonchev–Trinajstić information content (AvgIpc) is 3.36. The lowest BCUT2D eigenvalue weighted by Crippen LogP contribution is -2.21. The van der Waals surface area contributed by atoms with Crippen LogP contribution in [-0.4, -0.2) is 41.2 Å². The Morgan fingerprint density at radius 2 is 2.08 bits per heavy atom. The molecule has 2 aliphatic heterocycles. The molecule has 0 saturated carbocycles. The van der Waals surface area contributed by atoms with Gasteiger partial charge in [0.25, 0.3) is 0 Å². The van der Waals surface area contributed by atoms with Crippen molar-refractivity contribution in [2.24, 2.45) is 11.8 Å². The third-order valence-corrected chi connectivity index (χ3v) is 7.94. The normalized spacial score (nSPS) is 19.5. The molecule has 3 heterocycles. The summed E-state index contributed by atoms with van der Waals surface area (Å²) < 4.78 is 11.9. The Bertz CT molecular complexity index is 1410. The molecule has 0 bridgehead atoms. The molecule has 1 N–H and O–H groups in total. The zero-order valence-corrected chi connectivity index (χ0v) is 22.8. The number of likely N-dealkylation sites (tertiary alicyclic amines) is 1. The van der Waals surface area contributed by atoms with Gasteiger partial charge >= 0.3 is 5.97 Å². The molecule has 0 spiro atoms. The van der Waals surface area contributed by atoms with Crippen molar-refractivity contribution in [2.75, 3.05) is 20.2 Å². The maximum absolute atomic E-state index is 11.3. The van der Waals surface area contributed by atoms with E-state index in [4.69, 9.17) is 9.47 Å². The van der Waals surface area contributed by atoms with Crippen LogP contribution in [0.2, 0.25) is 0 Å². The highest BCUT2D eigenvalue weighted by Gasteiger charge is 2.25. The quantitative estimate of drug-likeness (QED) is 0.397. The van der Waals surface area contributed by atoms with Gasteiger partial charge in [-0.2, -0.15) is 5.26 Å². The van der Waals surface area contributed by atoms with Gasteiger partial charge in [-0.25, -0.2) is 4.98 Å². The van der Waals surface area contributed by atoms with Crippen molar-refractivity contribution in [1.29, 1.82) is 5.26 Å². The van der Waals surface area contributed by atoms with Gasteiger partial charge in [-0.15, -0.1) is 0 Å². The van der Waals surface area contributed by atoms with Crippen LogP contribution >= 0.6 is 0 Å². The zero-order valence-electron chi connectivity index (χ0n) is 22.8. The number of benzene rings is 2. The minimum atomic E-state index is -0.794. The summed E-state index contributed by atoms with van der Waals surface area (Å²) in [5, 5.41) is 19.1. The number of pyridine rings is 1. The first-order valence-electron chi connectivity index (χ1n) is 13.7. The molecule has 3 aromatic rings. The summed E-state index contributed by atoms with van der Waals surface area (Å²) in [4.78, 5) is 18.1. The van der Waals surface area contributed by atoms with Crippen molar-refractivity contribution in [3.8, 4) is 28.8 Å². The van der Waals surface area contributed by atoms with Gasteiger partial charge in [-0.3, -0.25) is 9.69 Å². The summed E-state index contributed by atoms with van der Waals surface area (Å²) >= 11 is 0. The number of rotatable bonds is 8. The molecule has 0 aliphatic carbocycles.